The third-order valence-electron chi connectivity index (χ3n) is 4.66. The van der Waals surface area contributed by atoms with Gasteiger partial charge >= 0.3 is 0 Å². The van der Waals surface area contributed by atoms with Crippen LogP contribution in [0.15, 0.2) is 47.5 Å². The molecule has 25 heavy (non-hydrogen) atoms. The Balaban J connectivity index is 1.29. The topological polar surface area (TPSA) is 79.1 Å². The molecule has 128 valence electrons. The Labute approximate surface area is 147 Å². The largest absolute Gasteiger partial charge is 0.370 e. The molecule has 1 aliphatic carbocycles. The molecule has 0 radical (unpaired) electrons. The predicted molar refractivity (Wildman–Crippen MR) is 103 cm³/mol. The van der Waals surface area contributed by atoms with Crippen molar-refractivity contribution in [3.05, 3.63) is 59.4 Å². The number of aromatic amines is 1. The lowest BCUT2D eigenvalue weighted by Gasteiger charge is -2.07. The summed E-state index contributed by atoms with van der Waals surface area (Å²) in [6, 6.07) is 14.6. The molecule has 5 nitrogen and oxygen atoms in total. The summed E-state index contributed by atoms with van der Waals surface area (Å²) in [5.41, 5.74) is 12.0. The minimum Gasteiger partial charge on any atom is -0.370 e. The number of hydrogen-bond acceptors (Lipinski definition) is 2. The van der Waals surface area contributed by atoms with Crippen LogP contribution in [0.3, 0.4) is 0 Å². The SMILES string of the molecule is NC(=NCCCc1nc2ccccc2[nH]1)Nc1ccc2c(c1)CCC2. The molecule has 4 N–H and O–H groups in total. The Morgan fingerprint density at radius 2 is 2.04 bits per heavy atom. The zero-order chi connectivity index (χ0) is 17.1. The summed E-state index contributed by atoms with van der Waals surface area (Å²) in [6.07, 6.45) is 5.39. The minimum atomic E-state index is 0.475. The fourth-order valence-electron chi connectivity index (χ4n) is 3.41. The standard InChI is InChI=1S/C20H23N5/c21-20(23-16-11-10-14-5-3-6-15(14)13-16)22-12-4-9-19-24-17-7-1-2-8-18(17)25-19/h1-2,7-8,10-11,13H,3-6,9,12H2,(H,24,25)(H3,21,22,23). The Morgan fingerprint density at radius 1 is 1.16 bits per heavy atom. The molecule has 1 heterocycles. The number of imidazole rings is 1. The van der Waals surface area contributed by atoms with Gasteiger partial charge in [-0.25, -0.2) is 4.98 Å². The third-order valence-corrected chi connectivity index (χ3v) is 4.66. The Morgan fingerprint density at radius 3 is 2.96 bits per heavy atom. The van der Waals surface area contributed by atoms with Gasteiger partial charge in [0.15, 0.2) is 5.96 Å². The van der Waals surface area contributed by atoms with Gasteiger partial charge in [-0.3, -0.25) is 4.99 Å². The molecule has 0 amide bonds. The number of hydrogen-bond donors (Lipinski definition) is 3. The number of aliphatic imine (C=N–C) groups is 1. The van der Waals surface area contributed by atoms with Crippen LogP contribution in [0, 0.1) is 0 Å². The maximum absolute atomic E-state index is 6.01. The van der Waals surface area contributed by atoms with Crippen LogP contribution < -0.4 is 11.1 Å². The summed E-state index contributed by atoms with van der Waals surface area (Å²) in [5, 5.41) is 3.20. The van der Waals surface area contributed by atoms with Gasteiger partial charge in [0.2, 0.25) is 0 Å². The second-order valence-electron chi connectivity index (χ2n) is 6.53. The quantitative estimate of drug-likeness (QED) is 0.380. The van der Waals surface area contributed by atoms with E-state index in [0.29, 0.717) is 12.5 Å². The fourth-order valence-corrected chi connectivity index (χ4v) is 3.41. The first-order chi connectivity index (χ1) is 12.3. The number of para-hydroxylation sites is 2. The third kappa shape index (κ3) is 3.65. The number of nitrogens with one attached hydrogen (secondary N) is 2. The molecule has 0 unspecified atom stereocenters. The van der Waals surface area contributed by atoms with Crippen molar-refractivity contribution < 1.29 is 0 Å². The van der Waals surface area contributed by atoms with Gasteiger partial charge in [0.25, 0.3) is 0 Å². The zero-order valence-corrected chi connectivity index (χ0v) is 14.3. The molecule has 0 spiro atoms. The molecular formula is C20H23N5. The molecule has 4 rings (SSSR count). The molecule has 0 saturated heterocycles. The van der Waals surface area contributed by atoms with E-state index in [4.69, 9.17) is 5.73 Å². The normalized spacial score (nSPS) is 14.0. The number of aromatic nitrogens is 2. The van der Waals surface area contributed by atoms with Crippen LogP contribution in [0.2, 0.25) is 0 Å². The number of rotatable bonds is 5. The van der Waals surface area contributed by atoms with Crippen LogP contribution in [0.4, 0.5) is 5.69 Å². The highest BCUT2D eigenvalue weighted by molar-refractivity contribution is 5.92. The maximum atomic E-state index is 6.01. The Hall–Kier alpha value is -2.82. The van der Waals surface area contributed by atoms with Crippen LogP contribution in [-0.4, -0.2) is 22.5 Å². The maximum Gasteiger partial charge on any atom is 0.193 e. The van der Waals surface area contributed by atoms with Gasteiger partial charge in [-0.15, -0.1) is 0 Å². The monoisotopic (exact) mass is 333 g/mol. The van der Waals surface area contributed by atoms with Crippen molar-refractivity contribution in [3.63, 3.8) is 0 Å². The molecule has 0 atom stereocenters. The van der Waals surface area contributed by atoms with Crippen LogP contribution in [-0.2, 0) is 19.3 Å². The molecule has 1 aliphatic rings. The van der Waals surface area contributed by atoms with Crippen molar-refractivity contribution in [2.24, 2.45) is 10.7 Å². The highest BCUT2D eigenvalue weighted by Gasteiger charge is 2.10. The first-order valence-corrected chi connectivity index (χ1v) is 8.90. The van der Waals surface area contributed by atoms with E-state index < -0.39 is 0 Å². The number of H-pyrrole nitrogens is 1. The molecule has 2 aromatic carbocycles. The van der Waals surface area contributed by atoms with Gasteiger partial charge in [-0.2, -0.15) is 0 Å². The Kier molecular flexibility index (Phi) is 4.37. The van der Waals surface area contributed by atoms with Crippen molar-refractivity contribution >= 4 is 22.7 Å². The number of fused-ring (bicyclic) bond motifs is 2. The molecule has 0 fully saturated rings. The summed E-state index contributed by atoms with van der Waals surface area (Å²) in [4.78, 5) is 12.3. The summed E-state index contributed by atoms with van der Waals surface area (Å²) in [7, 11) is 0. The van der Waals surface area contributed by atoms with Gasteiger partial charge in [0.1, 0.15) is 5.82 Å². The van der Waals surface area contributed by atoms with E-state index in [0.717, 1.165) is 35.4 Å². The van der Waals surface area contributed by atoms with Crippen molar-refractivity contribution in [3.8, 4) is 0 Å². The highest BCUT2D eigenvalue weighted by atomic mass is 15.1. The summed E-state index contributed by atoms with van der Waals surface area (Å²) >= 11 is 0. The van der Waals surface area contributed by atoms with E-state index in [1.54, 1.807) is 0 Å². The average molecular weight is 333 g/mol. The van der Waals surface area contributed by atoms with Crippen molar-refractivity contribution in [2.75, 3.05) is 11.9 Å². The lowest BCUT2D eigenvalue weighted by Crippen LogP contribution is -2.23. The van der Waals surface area contributed by atoms with E-state index in [9.17, 15) is 0 Å². The predicted octanol–water partition coefficient (Wildman–Crippen LogP) is 3.41. The Bertz CT molecular complexity index is 876. The molecular weight excluding hydrogens is 310 g/mol. The van der Waals surface area contributed by atoms with E-state index in [-0.39, 0.29) is 0 Å². The van der Waals surface area contributed by atoms with Crippen LogP contribution in [0.25, 0.3) is 11.0 Å². The number of aryl methyl sites for hydroxylation is 3. The molecule has 0 bridgehead atoms. The smallest absolute Gasteiger partial charge is 0.193 e. The first kappa shape index (κ1) is 15.7. The molecule has 3 aromatic rings. The number of nitrogens with zero attached hydrogens (tertiary/aromatic N) is 2. The van der Waals surface area contributed by atoms with Gasteiger partial charge < -0.3 is 16.0 Å². The van der Waals surface area contributed by atoms with E-state index in [1.807, 2.05) is 24.3 Å². The van der Waals surface area contributed by atoms with Gasteiger partial charge in [0, 0.05) is 18.7 Å². The first-order valence-electron chi connectivity index (χ1n) is 8.90. The van der Waals surface area contributed by atoms with Gasteiger partial charge in [-0.05, 0) is 61.1 Å². The van der Waals surface area contributed by atoms with E-state index >= 15 is 0 Å². The molecule has 5 heteroatoms. The zero-order valence-electron chi connectivity index (χ0n) is 14.3. The number of nitrogens with two attached hydrogens (primary N) is 1. The number of guanidine groups is 1. The van der Waals surface area contributed by atoms with Crippen molar-refractivity contribution in [1.29, 1.82) is 0 Å². The highest BCUT2D eigenvalue weighted by Crippen LogP contribution is 2.24. The van der Waals surface area contributed by atoms with Crippen molar-refractivity contribution in [1.82, 2.24) is 9.97 Å². The van der Waals surface area contributed by atoms with Crippen molar-refractivity contribution in [2.45, 2.75) is 32.1 Å². The van der Waals surface area contributed by atoms with Crippen LogP contribution in [0.1, 0.15) is 29.8 Å². The van der Waals surface area contributed by atoms with Crippen LogP contribution >= 0.6 is 0 Å². The lowest BCUT2D eigenvalue weighted by atomic mass is 10.1. The van der Waals surface area contributed by atoms with E-state index in [1.165, 1.54) is 30.4 Å². The average Bonchev–Trinajstić information content (AvgIpc) is 3.24. The summed E-state index contributed by atoms with van der Waals surface area (Å²) in [5.74, 6) is 1.48. The summed E-state index contributed by atoms with van der Waals surface area (Å²) in [6.45, 7) is 0.681. The second kappa shape index (κ2) is 6.97. The minimum absolute atomic E-state index is 0.475. The molecule has 1 aromatic heterocycles. The lowest BCUT2D eigenvalue weighted by molar-refractivity contribution is 0.796. The van der Waals surface area contributed by atoms with Crippen LogP contribution in [0.5, 0.6) is 0 Å². The number of anilines is 1. The van der Waals surface area contributed by atoms with Gasteiger partial charge in [0.05, 0.1) is 11.0 Å². The van der Waals surface area contributed by atoms with E-state index in [2.05, 4.69) is 38.5 Å². The number of benzene rings is 2. The molecule has 0 aliphatic heterocycles. The molecule has 0 saturated carbocycles. The summed E-state index contributed by atoms with van der Waals surface area (Å²) < 4.78 is 0. The fraction of sp³-hybridized carbons (Fsp3) is 0.300. The van der Waals surface area contributed by atoms with Gasteiger partial charge in [-0.1, -0.05) is 18.2 Å². The second-order valence-corrected chi connectivity index (χ2v) is 6.53.